The van der Waals surface area contributed by atoms with Crippen molar-refractivity contribution in [2.24, 2.45) is 5.92 Å². The Balaban J connectivity index is 1.93. The fraction of sp³-hybridized carbons (Fsp3) is 0.312. The van der Waals surface area contributed by atoms with Gasteiger partial charge in [0, 0.05) is 16.7 Å². The van der Waals surface area contributed by atoms with Crippen molar-refractivity contribution in [2.45, 2.75) is 20.3 Å². The van der Waals surface area contributed by atoms with E-state index in [1.165, 1.54) is 6.20 Å². The Hall–Kier alpha value is -1.95. The maximum Gasteiger partial charge on any atom is 0.271 e. The third-order valence-corrected chi connectivity index (χ3v) is 3.48. The minimum absolute atomic E-state index is 0.192. The summed E-state index contributed by atoms with van der Waals surface area (Å²) in [6.07, 6.45) is 3.98. The first-order valence-electron chi connectivity index (χ1n) is 7.17. The van der Waals surface area contributed by atoms with Crippen molar-refractivity contribution in [2.75, 3.05) is 11.9 Å². The number of amides is 1. The smallest absolute Gasteiger partial charge is 0.271 e. The van der Waals surface area contributed by atoms with Crippen LogP contribution in [0.2, 0.25) is 0 Å². The number of benzene rings is 1. The Morgan fingerprint density at radius 2 is 2.09 bits per heavy atom. The maximum absolute atomic E-state index is 11.9. The average Bonchev–Trinajstić information content (AvgIpc) is 2.47. The van der Waals surface area contributed by atoms with E-state index >= 15 is 0 Å². The van der Waals surface area contributed by atoms with Gasteiger partial charge in [-0.1, -0.05) is 35.8 Å². The average molecular weight is 363 g/mol. The summed E-state index contributed by atoms with van der Waals surface area (Å²) in [7, 11) is 0. The highest BCUT2D eigenvalue weighted by atomic mass is 79.9. The van der Waals surface area contributed by atoms with Gasteiger partial charge in [0.15, 0.2) is 0 Å². The maximum atomic E-state index is 11.9. The first-order chi connectivity index (χ1) is 10.5. The third kappa shape index (κ3) is 5.11. The Bertz CT molecular complexity index is 628. The molecule has 22 heavy (non-hydrogen) atoms. The number of halogens is 1. The summed E-state index contributed by atoms with van der Waals surface area (Å²) in [6.45, 7) is 4.89. The summed E-state index contributed by atoms with van der Waals surface area (Å²) in [6, 6.07) is 7.74. The molecule has 1 aromatic carbocycles. The molecule has 1 heterocycles. The van der Waals surface area contributed by atoms with Gasteiger partial charge in [-0.2, -0.15) is 0 Å². The minimum atomic E-state index is -0.192. The van der Waals surface area contributed by atoms with Crippen LogP contribution >= 0.6 is 15.9 Å². The van der Waals surface area contributed by atoms with Crippen molar-refractivity contribution in [1.82, 2.24) is 15.3 Å². The molecule has 0 aliphatic heterocycles. The molecule has 6 heteroatoms. The number of hydrogen-bond donors (Lipinski definition) is 2. The Morgan fingerprint density at radius 1 is 1.27 bits per heavy atom. The standard InChI is InChI=1S/C16H19BrN4O/c1-11(2)6-7-18-16(22)14-9-20-15(10-19-14)21-13-5-3-4-12(17)8-13/h3-5,8-11H,6-7H2,1-2H3,(H,18,22)(H,20,21). The van der Waals surface area contributed by atoms with Crippen molar-refractivity contribution in [1.29, 1.82) is 0 Å². The Labute approximate surface area is 138 Å². The number of carbonyl (C=O) groups is 1. The molecular formula is C16H19BrN4O. The molecule has 0 saturated carbocycles. The van der Waals surface area contributed by atoms with Crippen molar-refractivity contribution in [3.05, 3.63) is 46.8 Å². The Morgan fingerprint density at radius 3 is 2.73 bits per heavy atom. The SMILES string of the molecule is CC(C)CCNC(=O)c1cnc(Nc2cccc(Br)c2)cn1. The topological polar surface area (TPSA) is 66.9 Å². The van der Waals surface area contributed by atoms with Crippen molar-refractivity contribution in [3.63, 3.8) is 0 Å². The van der Waals surface area contributed by atoms with Crippen LogP contribution < -0.4 is 10.6 Å². The molecule has 1 aromatic heterocycles. The number of anilines is 2. The van der Waals surface area contributed by atoms with Gasteiger partial charge in [-0.15, -0.1) is 0 Å². The lowest BCUT2D eigenvalue weighted by atomic mass is 10.1. The molecule has 2 rings (SSSR count). The van der Waals surface area contributed by atoms with E-state index in [9.17, 15) is 4.79 Å². The second-order valence-electron chi connectivity index (χ2n) is 5.36. The predicted molar refractivity (Wildman–Crippen MR) is 91.2 cm³/mol. The summed E-state index contributed by atoms with van der Waals surface area (Å²) in [4.78, 5) is 20.3. The monoisotopic (exact) mass is 362 g/mol. The van der Waals surface area contributed by atoms with E-state index in [-0.39, 0.29) is 5.91 Å². The van der Waals surface area contributed by atoms with E-state index in [0.717, 1.165) is 16.6 Å². The molecule has 0 radical (unpaired) electrons. The molecule has 0 atom stereocenters. The van der Waals surface area contributed by atoms with Gasteiger partial charge < -0.3 is 10.6 Å². The van der Waals surface area contributed by atoms with Gasteiger partial charge in [0.2, 0.25) is 0 Å². The van der Waals surface area contributed by atoms with E-state index < -0.39 is 0 Å². The molecule has 0 aliphatic rings. The normalized spacial score (nSPS) is 10.5. The zero-order valence-electron chi connectivity index (χ0n) is 12.6. The van der Waals surface area contributed by atoms with Crippen LogP contribution in [-0.4, -0.2) is 22.4 Å². The second-order valence-corrected chi connectivity index (χ2v) is 6.28. The molecule has 1 amide bonds. The number of nitrogens with one attached hydrogen (secondary N) is 2. The molecule has 0 bridgehead atoms. The molecule has 0 aliphatic carbocycles. The minimum Gasteiger partial charge on any atom is -0.351 e. The highest BCUT2D eigenvalue weighted by Crippen LogP contribution is 2.18. The molecule has 0 saturated heterocycles. The molecule has 2 aromatic rings. The van der Waals surface area contributed by atoms with Gasteiger partial charge in [-0.05, 0) is 30.5 Å². The van der Waals surface area contributed by atoms with Gasteiger partial charge in [0.05, 0.1) is 12.4 Å². The van der Waals surface area contributed by atoms with Gasteiger partial charge in [-0.3, -0.25) is 4.79 Å². The van der Waals surface area contributed by atoms with E-state index in [1.54, 1.807) is 6.20 Å². The van der Waals surface area contributed by atoms with Crippen LogP contribution in [0, 0.1) is 5.92 Å². The van der Waals surface area contributed by atoms with Gasteiger partial charge in [0.1, 0.15) is 11.5 Å². The molecule has 5 nitrogen and oxygen atoms in total. The van der Waals surface area contributed by atoms with E-state index in [4.69, 9.17) is 0 Å². The summed E-state index contributed by atoms with van der Waals surface area (Å²) in [5.74, 6) is 0.960. The lowest BCUT2D eigenvalue weighted by Gasteiger charge is -2.08. The number of hydrogen-bond acceptors (Lipinski definition) is 4. The van der Waals surface area contributed by atoms with Crippen molar-refractivity contribution in [3.8, 4) is 0 Å². The lowest BCUT2D eigenvalue weighted by molar-refractivity contribution is 0.0946. The van der Waals surface area contributed by atoms with Gasteiger partial charge in [-0.25, -0.2) is 9.97 Å². The fourth-order valence-electron chi connectivity index (χ4n) is 1.79. The van der Waals surface area contributed by atoms with Crippen LogP contribution in [0.25, 0.3) is 0 Å². The molecule has 116 valence electrons. The van der Waals surface area contributed by atoms with Crippen LogP contribution in [0.4, 0.5) is 11.5 Å². The predicted octanol–water partition coefficient (Wildman–Crippen LogP) is 3.76. The summed E-state index contributed by atoms with van der Waals surface area (Å²) >= 11 is 3.41. The molecule has 0 spiro atoms. The van der Waals surface area contributed by atoms with Crippen LogP contribution in [0.1, 0.15) is 30.8 Å². The summed E-state index contributed by atoms with van der Waals surface area (Å²) in [5.41, 5.74) is 1.22. The van der Waals surface area contributed by atoms with E-state index in [0.29, 0.717) is 24.0 Å². The number of nitrogens with zero attached hydrogens (tertiary/aromatic N) is 2. The second kappa shape index (κ2) is 7.89. The van der Waals surface area contributed by atoms with Gasteiger partial charge in [0.25, 0.3) is 5.91 Å². The molecular weight excluding hydrogens is 344 g/mol. The van der Waals surface area contributed by atoms with E-state index in [2.05, 4.69) is 50.4 Å². The Kier molecular flexibility index (Phi) is 5.89. The third-order valence-electron chi connectivity index (χ3n) is 2.99. The number of aromatic nitrogens is 2. The van der Waals surface area contributed by atoms with Crippen molar-refractivity contribution < 1.29 is 4.79 Å². The zero-order chi connectivity index (χ0) is 15.9. The highest BCUT2D eigenvalue weighted by molar-refractivity contribution is 9.10. The summed E-state index contributed by atoms with van der Waals surface area (Å²) in [5, 5.41) is 5.97. The van der Waals surface area contributed by atoms with Crippen LogP contribution in [0.3, 0.4) is 0 Å². The number of rotatable bonds is 6. The van der Waals surface area contributed by atoms with Crippen LogP contribution in [-0.2, 0) is 0 Å². The number of carbonyl (C=O) groups excluding carboxylic acids is 1. The quantitative estimate of drug-likeness (QED) is 0.820. The zero-order valence-corrected chi connectivity index (χ0v) is 14.2. The molecule has 0 fully saturated rings. The fourth-order valence-corrected chi connectivity index (χ4v) is 2.19. The van der Waals surface area contributed by atoms with Gasteiger partial charge >= 0.3 is 0 Å². The highest BCUT2D eigenvalue weighted by Gasteiger charge is 2.08. The first-order valence-corrected chi connectivity index (χ1v) is 7.96. The lowest BCUT2D eigenvalue weighted by Crippen LogP contribution is -2.26. The van der Waals surface area contributed by atoms with Crippen LogP contribution in [0.15, 0.2) is 41.1 Å². The molecule has 2 N–H and O–H groups in total. The van der Waals surface area contributed by atoms with E-state index in [1.807, 2.05) is 24.3 Å². The van der Waals surface area contributed by atoms with Crippen LogP contribution in [0.5, 0.6) is 0 Å². The first kappa shape index (κ1) is 16.4. The summed E-state index contributed by atoms with van der Waals surface area (Å²) < 4.78 is 0.978. The largest absolute Gasteiger partial charge is 0.351 e. The van der Waals surface area contributed by atoms with Crippen molar-refractivity contribution >= 4 is 33.3 Å². The molecule has 0 unspecified atom stereocenters.